The van der Waals surface area contributed by atoms with Crippen LogP contribution in [0.3, 0.4) is 0 Å². The topological polar surface area (TPSA) is 41.6 Å². The Bertz CT molecular complexity index is 443. The molecule has 0 aromatic heterocycles. The first-order valence-corrected chi connectivity index (χ1v) is 6.06. The zero-order valence-corrected chi connectivity index (χ0v) is 11.1. The van der Waals surface area contributed by atoms with Crippen LogP contribution in [-0.2, 0) is 0 Å². The summed E-state index contributed by atoms with van der Waals surface area (Å²) in [5.74, 6) is 0.638. The summed E-state index contributed by atoms with van der Waals surface area (Å²) in [6.07, 6.45) is 0. The van der Waals surface area contributed by atoms with Gasteiger partial charge in [-0.25, -0.2) is 0 Å². The molecular weight excluding hydrogens is 210 g/mol. The van der Waals surface area contributed by atoms with Crippen molar-refractivity contribution in [1.29, 1.82) is 0 Å². The Morgan fingerprint density at radius 1 is 1.29 bits per heavy atom. The number of hydrogen-bond donors (Lipinski definition) is 1. The molecule has 1 aromatic carbocycles. The Labute approximate surface area is 103 Å². The van der Waals surface area contributed by atoms with E-state index in [-0.39, 0.29) is 5.41 Å². The second-order valence-electron chi connectivity index (χ2n) is 5.74. The largest absolute Gasteiger partial charge is 0.370 e. The number of hydrogen-bond acceptors (Lipinski definition) is 3. The average Bonchev–Trinajstić information content (AvgIpc) is 2.60. The van der Waals surface area contributed by atoms with Crippen LogP contribution in [0.5, 0.6) is 0 Å². The van der Waals surface area contributed by atoms with Gasteiger partial charge in [0.2, 0.25) is 0 Å². The van der Waals surface area contributed by atoms with Crippen molar-refractivity contribution in [1.82, 2.24) is 0 Å². The normalized spacial score (nSPS) is 20.6. The van der Waals surface area contributed by atoms with Gasteiger partial charge in [-0.3, -0.25) is 4.99 Å². The molecule has 0 amide bonds. The molecule has 0 spiro atoms. The maximum atomic E-state index is 6.04. The maximum Gasteiger partial charge on any atom is 0.196 e. The molecule has 0 fully saturated rings. The fourth-order valence-corrected chi connectivity index (χ4v) is 2.28. The molecule has 92 valence electrons. The lowest BCUT2D eigenvalue weighted by Crippen LogP contribution is -2.47. The molecule has 1 heterocycles. The van der Waals surface area contributed by atoms with E-state index in [2.05, 4.69) is 49.7 Å². The third kappa shape index (κ3) is 2.14. The lowest BCUT2D eigenvalue weighted by Gasteiger charge is -2.36. The first kappa shape index (κ1) is 12.0. The minimum absolute atomic E-state index is 0.160. The molecular formula is C14H21N3. The van der Waals surface area contributed by atoms with E-state index in [1.54, 1.807) is 0 Å². The van der Waals surface area contributed by atoms with Gasteiger partial charge in [-0.2, -0.15) is 0 Å². The fourth-order valence-electron chi connectivity index (χ4n) is 2.28. The third-order valence-corrected chi connectivity index (χ3v) is 3.36. The van der Waals surface area contributed by atoms with E-state index in [0.29, 0.717) is 12.0 Å². The molecule has 0 radical (unpaired) electrons. The Balaban J connectivity index is 2.42. The highest BCUT2D eigenvalue weighted by Gasteiger charge is 2.36. The molecule has 0 bridgehead atoms. The maximum absolute atomic E-state index is 6.04. The average molecular weight is 231 g/mol. The standard InChI is InChI=1S/C14H21N3/c1-10-7-5-6-8-11(10)17-12(14(2,3)4)9-16-13(17)15/h5-8,12H,9H2,1-4H3,(H2,15,16). The molecule has 1 aromatic rings. The van der Waals surface area contributed by atoms with Crippen molar-refractivity contribution in [2.75, 3.05) is 11.4 Å². The van der Waals surface area contributed by atoms with E-state index in [0.717, 1.165) is 6.54 Å². The van der Waals surface area contributed by atoms with E-state index >= 15 is 0 Å². The van der Waals surface area contributed by atoms with Gasteiger partial charge >= 0.3 is 0 Å². The van der Waals surface area contributed by atoms with Gasteiger partial charge in [-0.05, 0) is 24.0 Å². The molecule has 3 nitrogen and oxygen atoms in total. The van der Waals surface area contributed by atoms with Crippen molar-refractivity contribution in [3.05, 3.63) is 29.8 Å². The lowest BCUT2D eigenvalue weighted by molar-refractivity contribution is 0.336. The number of aliphatic imine (C=N–C) groups is 1. The van der Waals surface area contributed by atoms with Crippen LogP contribution in [0.2, 0.25) is 0 Å². The SMILES string of the molecule is Cc1ccccc1N1C(N)=NCC1C(C)(C)C. The quantitative estimate of drug-likeness (QED) is 0.807. The fraction of sp³-hybridized carbons (Fsp3) is 0.500. The van der Waals surface area contributed by atoms with Crippen LogP contribution in [0, 0.1) is 12.3 Å². The molecule has 2 rings (SSSR count). The van der Waals surface area contributed by atoms with Crippen LogP contribution in [0.25, 0.3) is 0 Å². The highest BCUT2D eigenvalue weighted by atomic mass is 15.3. The number of aryl methyl sites for hydroxylation is 1. The first-order valence-electron chi connectivity index (χ1n) is 6.06. The molecule has 17 heavy (non-hydrogen) atoms. The highest BCUT2D eigenvalue weighted by molar-refractivity contribution is 5.98. The number of benzene rings is 1. The van der Waals surface area contributed by atoms with Crippen LogP contribution in [0.1, 0.15) is 26.3 Å². The molecule has 1 unspecified atom stereocenters. The number of para-hydroxylation sites is 1. The van der Waals surface area contributed by atoms with E-state index in [1.807, 2.05) is 12.1 Å². The van der Waals surface area contributed by atoms with E-state index in [1.165, 1.54) is 11.3 Å². The van der Waals surface area contributed by atoms with Crippen molar-refractivity contribution in [3.8, 4) is 0 Å². The Morgan fingerprint density at radius 3 is 2.53 bits per heavy atom. The predicted octanol–water partition coefficient (Wildman–Crippen LogP) is 2.54. The van der Waals surface area contributed by atoms with Gasteiger partial charge in [0.05, 0.1) is 12.6 Å². The van der Waals surface area contributed by atoms with E-state index in [9.17, 15) is 0 Å². The van der Waals surface area contributed by atoms with Gasteiger partial charge < -0.3 is 10.6 Å². The minimum Gasteiger partial charge on any atom is -0.370 e. The Kier molecular flexibility index (Phi) is 2.86. The molecule has 3 heteroatoms. The molecule has 0 saturated heterocycles. The number of anilines is 1. The van der Waals surface area contributed by atoms with Crippen LogP contribution >= 0.6 is 0 Å². The van der Waals surface area contributed by atoms with Gasteiger partial charge in [0.1, 0.15) is 0 Å². The summed E-state index contributed by atoms with van der Waals surface area (Å²) in [7, 11) is 0. The van der Waals surface area contributed by atoms with Crippen molar-refractivity contribution in [3.63, 3.8) is 0 Å². The van der Waals surface area contributed by atoms with Gasteiger partial charge in [-0.1, -0.05) is 39.0 Å². The lowest BCUT2D eigenvalue weighted by atomic mass is 9.86. The van der Waals surface area contributed by atoms with E-state index < -0.39 is 0 Å². The summed E-state index contributed by atoms with van der Waals surface area (Å²) >= 11 is 0. The molecule has 2 N–H and O–H groups in total. The third-order valence-electron chi connectivity index (χ3n) is 3.36. The smallest absolute Gasteiger partial charge is 0.196 e. The second kappa shape index (κ2) is 4.06. The Hall–Kier alpha value is -1.51. The summed E-state index contributed by atoms with van der Waals surface area (Å²) in [6, 6.07) is 8.66. The minimum atomic E-state index is 0.160. The van der Waals surface area contributed by atoms with E-state index in [4.69, 9.17) is 5.73 Å². The van der Waals surface area contributed by atoms with Crippen LogP contribution in [0.4, 0.5) is 5.69 Å². The second-order valence-corrected chi connectivity index (χ2v) is 5.74. The molecule has 0 aliphatic carbocycles. The molecule has 0 saturated carbocycles. The summed E-state index contributed by atoms with van der Waals surface area (Å²) < 4.78 is 0. The zero-order valence-electron chi connectivity index (χ0n) is 11.1. The number of nitrogens with two attached hydrogens (primary N) is 1. The van der Waals surface area contributed by atoms with Crippen LogP contribution in [0.15, 0.2) is 29.3 Å². The van der Waals surface area contributed by atoms with Gasteiger partial charge in [0, 0.05) is 5.69 Å². The number of guanidine groups is 1. The summed E-state index contributed by atoms with van der Waals surface area (Å²) in [4.78, 5) is 6.58. The first-order chi connectivity index (χ1) is 7.91. The molecule has 1 atom stereocenters. The Morgan fingerprint density at radius 2 is 1.94 bits per heavy atom. The van der Waals surface area contributed by atoms with Crippen molar-refractivity contribution >= 4 is 11.6 Å². The van der Waals surface area contributed by atoms with Crippen LogP contribution in [-0.4, -0.2) is 18.5 Å². The number of nitrogens with zero attached hydrogens (tertiary/aromatic N) is 2. The number of rotatable bonds is 1. The summed E-state index contributed by atoms with van der Waals surface area (Å²) in [5.41, 5.74) is 8.61. The zero-order chi connectivity index (χ0) is 12.6. The molecule has 1 aliphatic heterocycles. The predicted molar refractivity (Wildman–Crippen MR) is 73.4 cm³/mol. The van der Waals surface area contributed by atoms with Gasteiger partial charge in [0.15, 0.2) is 5.96 Å². The van der Waals surface area contributed by atoms with Crippen molar-refractivity contribution < 1.29 is 0 Å². The highest BCUT2D eigenvalue weighted by Crippen LogP contribution is 2.33. The monoisotopic (exact) mass is 231 g/mol. The summed E-state index contributed by atoms with van der Waals surface area (Å²) in [6.45, 7) is 9.59. The molecule has 1 aliphatic rings. The van der Waals surface area contributed by atoms with Gasteiger partial charge in [0.25, 0.3) is 0 Å². The van der Waals surface area contributed by atoms with Crippen LogP contribution < -0.4 is 10.6 Å². The van der Waals surface area contributed by atoms with Gasteiger partial charge in [-0.15, -0.1) is 0 Å². The summed E-state index contributed by atoms with van der Waals surface area (Å²) in [5, 5.41) is 0. The van der Waals surface area contributed by atoms with Crippen molar-refractivity contribution in [2.24, 2.45) is 16.1 Å². The van der Waals surface area contributed by atoms with Crippen molar-refractivity contribution in [2.45, 2.75) is 33.7 Å².